The minimum absolute atomic E-state index is 0.306. The van der Waals surface area contributed by atoms with Gasteiger partial charge in [-0.05, 0) is 42.2 Å². The first-order chi connectivity index (χ1) is 11.6. The largest absolute Gasteiger partial charge is 0.338 e. The van der Waals surface area contributed by atoms with Crippen LogP contribution in [0.3, 0.4) is 0 Å². The van der Waals surface area contributed by atoms with Gasteiger partial charge in [-0.15, -0.1) is 0 Å². The molecular formula is C19H16Cl2N2O. The van der Waals surface area contributed by atoms with Gasteiger partial charge in [0.05, 0.1) is 21.4 Å². The summed E-state index contributed by atoms with van der Waals surface area (Å²) in [6, 6.07) is 8.80. The van der Waals surface area contributed by atoms with Gasteiger partial charge in [0.25, 0.3) is 0 Å². The number of carbonyl (C=O) groups excluding carboxylic acids is 1. The monoisotopic (exact) mass is 358 g/mol. The fourth-order valence-electron chi connectivity index (χ4n) is 2.67. The molecule has 3 rings (SSSR count). The van der Waals surface area contributed by atoms with E-state index in [1.807, 2.05) is 12.2 Å². The van der Waals surface area contributed by atoms with E-state index in [9.17, 15) is 4.79 Å². The summed E-state index contributed by atoms with van der Waals surface area (Å²) in [7, 11) is 0. The van der Waals surface area contributed by atoms with Gasteiger partial charge in [0.1, 0.15) is 5.82 Å². The number of halogens is 2. The Kier molecular flexibility index (Phi) is 5.03. The summed E-state index contributed by atoms with van der Waals surface area (Å²) in [5.74, 6) is 0.897. The molecule has 0 fully saturated rings. The highest BCUT2D eigenvalue weighted by Gasteiger charge is 2.18. The number of pyridine rings is 1. The van der Waals surface area contributed by atoms with Crippen molar-refractivity contribution in [2.24, 2.45) is 5.92 Å². The summed E-state index contributed by atoms with van der Waals surface area (Å²) >= 11 is 12.4. The first-order valence-electron chi connectivity index (χ1n) is 7.64. The number of allylic oxidation sites excluding steroid dienone is 4. The molecule has 3 nitrogen and oxygen atoms in total. The van der Waals surface area contributed by atoms with Crippen molar-refractivity contribution >= 4 is 46.6 Å². The van der Waals surface area contributed by atoms with Gasteiger partial charge in [-0.3, -0.25) is 4.79 Å². The minimum atomic E-state index is 0.306. The molecule has 122 valence electrons. The zero-order chi connectivity index (χ0) is 17.1. The molecule has 0 bridgehead atoms. The van der Waals surface area contributed by atoms with Crippen LogP contribution in [-0.4, -0.2) is 11.3 Å². The molecule has 1 N–H and O–H groups in total. The third-order valence-electron chi connectivity index (χ3n) is 3.98. The molecule has 0 amide bonds. The number of hydrogen-bond donors (Lipinski definition) is 1. The van der Waals surface area contributed by atoms with E-state index in [1.165, 1.54) is 0 Å². The van der Waals surface area contributed by atoms with Gasteiger partial charge < -0.3 is 5.32 Å². The van der Waals surface area contributed by atoms with Crippen LogP contribution in [0.15, 0.2) is 48.6 Å². The van der Waals surface area contributed by atoms with Gasteiger partial charge in [0.2, 0.25) is 0 Å². The summed E-state index contributed by atoms with van der Waals surface area (Å²) in [5, 5.41) is 4.17. The molecule has 1 aromatic carbocycles. The molecule has 0 saturated carbocycles. The van der Waals surface area contributed by atoms with Crippen LogP contribution >= 0.6 is 23.2 Å². The maximum absolute atomic E-state index is 11.4. The third kappa shape index (κ3) is 3.37. The Bertz CT molecular complexity index is 823. The van der Waals surface area contributed by atoms with Crippen LogP contribution in [0, 0.1) is 5.92 Å². The number of anilines is 2. The number of nitrogens with one attached hydrogen (secondary N) is 1. The second-order valence-corrected chi connectivity index (χ2v) is 6.48. The number of aldehydes is 1. The first kappa shape index (κ1) is 16.7. The molecule has 1 aliphatic carbocycles. The zero-order valence-electron chi connectivity index (χ0n) is 13.1. The second kappa shape index (κ2) is 7.20. The van der Waals surface area contributed by atoms with Crippen molar-refractivity contribution in [2.75, 3.05) is 5.32 Å². The quantitative estimate of drug-likeness (QED) is 0.689. The summed E-state index contributed by atoms with van der Waals surface area (Å²) in [5.41, 5.74) is 2.91. The van der Waals surface area contributed by atoms with Gasteiger partial charge in [-0.25, -0.2) is 4.98 Å². The SMILES string of the molecule is CC1CC=CC=C1c1nc(Nc2c(Cl)cccc2Cl)ccc1C=O. The molecule has 1 unspecified atom stereocenters. The Morgan fingerprint density at radius 1 is 1.21 bits per heavy atom. The topological polar surface area (TPSA) is 42.0 Å². The van der Waals surface area contributed by atoms with E-state index in [4.69, 9.17) is 23.2 Å². The number of rotatable bonds is 4. The van der Waals surface area contributed by atoms with Crippen LogP contribution in [-0.2, 0) is 0 Å². The Hall–Kier alpha value is -2.10. The van der Waals surface area contributed by atoms with Gasteiger partial charge in [0, 0.05) is 5.56 Å². The minimum Gasteiger partial charge on any atom is -0.338 e. The number of nitrogens with zero attached hydrogens (tertiary/aromatic N) is 1. The van der Waals surface area contributed by atoms with Crippen molar-refractivity contribution in [3.8, 4) is 0 Å². The van der Waals surface area contributed by atoms with Crippen molar-refractivity contribution in [3.05, 3.63) is 69.9 Å². The summed E-state index contributed by atoms with van der Waals surface area (Å²) in [6.45, 7) is 2.12. The van der Waals surface area contributed by atoms with Crippen molar-refractivity contribution in [1.29, 1.82) is 0 Å². The van der Waals surface area contributed by atoms with E-state index in [0.29, 0.717) is 38.7 Å². The van der Waals surface area contributed by atoms with Crippen molar-refractivity contribution < 1.29 is 4.79 Å². The Balaban J connectivity index is 2.02. The Morgan fingerprint density at radius 3 is 2.62 bits per heavy atom. The highest BCUT2D eigenvalue weighted by Crippen LogP contribution is 2.34. The second-order valence-electron chi connectivity index (χ2n) is 5.66. The van der Waals surface area contributed by atoms with Crippen LogP contribution < -0.4 is 5.32 Å². The number of benzene rings is 1. The van der Waals surface area contributed by atoms with Crippen LogP contribution in [0.25, 0.3) is 5.57 Å². The Labute approximate surface area is 151 Å². The number of hydrogen-bond acceptors (Lipinski definition) is 3. The smallest absolute Gasteiger partial charge is 0.152 e. The van der Waals surface area contributed by atoms with Crippen molar-refractivity contribution in [2.45, 2.75) is 13.3 Å². The lowest BCUT2D eigenvalue weighted by Gasteiger charge is -2.19. The van der Waals surface area contributed by atoms with Crippen LogP contribution in [0.1, 0.15) is 29.4 Å². The first-order valence-corrected chi connectivity index (χ1v) is 8.40. The molecule has 1 heterocycles. The van der Waals surface area contributed by atoms with Gasteiger partial charge >= 0.3 is 0 Å². The lowest BCUT2D eigenvalue weighted by Crippen LogP contribution is -2.07. The lowest BCUT2D eigenvalue weighted by atomic mass is 9.89. The zero-order valence-corrected chi connectivity index (χ0v) is 14.6. The van der Waals surface area contributed by atoms with Crippen LogP contribution in [0.2, 0.25) is 10.0 Å². The number of para-hydroxylation sites is 1. The van der Waals surface area contributed by atoms with E-state index >= 15 is 0 Å². The molecule has 1 aliphatic rings. The van der Waals surface area contributed by atoms with Crippen molar-refractivity contribution in [3.63, 3.8) is 0 Å². The molecule has 0 spiro atoms. The molecule has 0 radical (unpaired) electrons. The molecular weight excluding hydrogens is 343 g/mol. The van der Waals surface area contributed by atoms with Crippen LogP contribution in [0.4, 0.5) is 11.5 Å². The fraction of sp³-hybridized carbons (Fsp3) is 0.158. The number of carbonyl (C=O) groups is 1. The molecule has 24 heavy (non-hydrogen) atoms. The molecule has 1 aromatic heterocycles. The van der Waals surface area contributed by atoms with E-state index in [-0.39, 0.29) is 0 Å². The standard InChI is InChI=1S/C19H16Cl2N2O/c1-12-5-2-3-6-14(12)18-13(11-24)9-10-17(22-18)23-19-15(20)7-4-8-16(19)21/h2-4,6-12H,5H2,1H3,(H,22,23). The van der Waals surface area contributed by atoms with Gasteiger partial charge in [-0.2, -0.15) is 0 Å². The van der Waals surface area contributed by atoms with E-state index < -0.39 is 0 Å². The normalized spacial score (nSPS) is 16.6. The Morgan fingerprint density at radius 2 is 1.96 bits per heavy atom. The van der Waals surface area contributed by atoms with E-state index in [1.54, 1.807) is 30.3 Å². The molecule has 5 heteroatoms. The third-order valence-corrected chi connectivity index (χ3v) is 4.61. The summed E-state index contributed by atoms with van der Waals surface area (Å²) < 4.78 is 0. The van der Waals surface area contributed by atoms with Crippen molar-refractivity contribution in [1.82, 2.24) is 4.98 Å². The highest BCUT2D eigenvalue weighted by molar-refractivity contribution is 6.39. The molecule has 1 atom stereocenters. The molecule has 0 saturated heterocycles. The maximum Gasteiger partial charge on any atom is 0.152 e. The van der Waals surface area contributed by atoms with Gasteiger partial charge in [-0.1, -0.05) is 54.4 Å². The van der Waals surface area contributed by atoms with Gasteiger partial charge in [0.15, 0.2) is 6.29 Å². The fourth-order valence-corrected chi connectivity index (χ4v) is 3.16. The van der Waals surface area contributed by atoms with E-state index in [0.717, 1.165) is 18.3 Å². The molecule has 0 aliphatic heterocycles. The average Bonchev–Trinajstić information content (AvgIpc) is 2.58. The predicted molar refractivity (Wildman–Crippen MR) is 100 cm³/mol. The summed E-state index contributed by atoms with van der Waals surface area (Å²) in [4.78, 5) is 16.0. The van der Waals surface area contributed by atoms with E-state index in [2.05, 4.69) is 23.3 Å². The average molecular weight is 359 g/mol. The maximum atomic E-state index is 11.4. The lowest BCUT2D eigenvalue weighted by molar-refractivity contribution is 0.112. The molecule has 2 aromatic rings. The number of aromatic nitrogens is 1. The van der Waals surface area contributed by atoms with Crippen LogP contribution in [0.5, 0.6) is 0 Å². The highest BCUT2D eigenvalue weighted by atomic mass is 35.5. The summed E-state index contributed by atoms with van der Waals surface area (Å²) in [6.07, 6.45) is 7.88. The predicted octanol–water partition coefficient (Wildman–Crippen LogP) is 5.92.